The van der Waals surface area contributed by atoms with Crippen molar-refractivity contribution in [3.05, 3.63) is 71.3 Å². The van der Waals surface area contributed by atoms with Gasteiger partial charge in [-0.1, -0.05) is 60.2 Å². The summed E-state index contributed by atoms with van der Waals surface area (Å²) in [6.45, 7) is 2.02. The van der Waals surface area contributed by atoms with Gasteiger partial charge in [-0.05, 0) is 18.1 Å². The molecule has 1 nitrogen and oxygen atoms in total. The summed E-state index contributed by atoms with van der Waals surface area (Å²) in [5, 5.41) is 0. The average Bonchev–Trinajstić information content (AvgIpc) is 2.40. The number of Topliss-reactive ketones (excluding diaryl/α,β-unsaturated/α-hetero) is 1. The number of carbonyl (C=O) groups excluding carboxylic acids is 1. The molecule has 0 amide bonds. The lowest BCUT2D eigenvalue weighted by Gasteiger charge is -2.16. The molecule has 0 aliphatic rings. The second kappa shape index (κ2) is 5.83. The van der Waals surface area contributed by atoms with Crippen LogP contribution < -0.4 is 0 Å². The molecular formula is C16H15ClO. The first-order chi connectivity index (χ1) is 8.72. The van der Waals surface area contributed by atoms with Gasteiger partial charge in [0.1, 0.15) is 0 Å². The summed E-state index contributed by atoms with van der Waals surface area (Å²) in [6.07, 6.45) is 0. The van der Waals surface area contributed by atoms with Crippen LogP contribution in [0, 0.1) is 6.92 Å². The summed E-state index contributed by atoms with van der Waals surface area (Å²) in [5.74, 6) is -0.190. The molecule has 0 aliphatic carbocycles. The Morgan fingerprint density at radius 2 is 1.72 bits per heavy atom. The number of rotatable bonds is 4. The molecular weight excluding hydrogens is 244 g/mol. The number of aryl methyl sites for hydroxylation is 1. The van der Waals surface area contributed by atoms with Gasteiger partial charge in [0.15, 0.2) is 5.78 Å². The molecule has 2 aromatic rings. The van der Waals surface area contributed by atoms with Gasteiger partial charge in [-0.25, -0.2) is 0 Å². The number of alkyl halides is 1. The number of benzene rings is 2. The maximum absolute atomic E-state index is 12.1. The van der Waals surface area contributed by atoms with Gasteiger partial charge < -0.3 is 0 Å². The third-order valence-electron chi connectivity index (χ3n) is 2.96. The normalized spacial score (nSPS) is 12.1. The molecule has 0 fully saturated rings. The minimum absolute atomic E-state index is 0.0352. The van der Waals surface area contributed by atoms with E-state index in [0.717, 1.165) is 16.7 Å². The van der Waals surface area contributed by atoms with E-state index in [0.29, 0.717) is 0 Å². The van der Waals surface area contributed by atoms with Crippen molar-refractivity contribution in [1.29, 1.82) is 0 Å². The number of hydrogen-bond acceptors (Lipinski definition) is 1. The zero-order valence-electron chi connectivity index (χ0n) is 10.3. The Labute approximate surface area is 112 Å². The molecule has 0 saturated carbocycles. The highest BCUT2D eigenvalue weighted by Gasteiger charge is 2.21. The van der Waals surface area contributed by atoms with Gasteiger partial charge in [0.25, 0.3) is 0 Å². The fourth-order valence-electron chi connectivity index (χ4n) is 2.14. The highest BCUT2D eigenvalue weighted by molar-refractivity contribution is 6.28. The number of ketones is 1. The van der Waals surface area contributed by atoms with E-state index in [1.807, 2.05) is 61.5 Å². The second-order valence-electron chi connectivity index (χ2n) is 4.36. The minimum Gasteiger partial charge on any atom is -0.297 e. The van der Waals surface area contributed by atoms with Crippen LogP contribution in [0.25, 0.3) is 0 Å². The van der Waals surface area contributed by atoms with Crippen LogP contribution in [0.3, 0.4) is 0 Å². The Hall–Kier alpha value is -1.60. The molecule has 18 heavy (non-hydrogen) atoms. The van der Waals surface area contributed by atoms with Gasteiger partial charge in [0, 0.05) is 0 Å². The number of hydrogen-bond donors (Lipinski definition) is 0. The van der Waals surface area contributed by atoms with Crippen molar-refractivity contribution in [2.75, 3.05) is 5.88 Å². The lowest BCUT2D eigenvalue weighted by Crippen LogP contribution is -2.15. The predicted molar refractivity (Wildman–Crippen MR) is 75.2 cm³/mol. The van der Waals surface area contributed by atoms with Crippen LogP contribution in [0.5, 0.6) is 0 Å². The molecule has 2 rings (SSSR count). The van der Waals surface area contributed by atoms with Crippen LogP contribution >= 0.6 is 11.6 Å². The van der Waals surface area contributed by atoms with E-state index in [1.165, 1.54) is 0 Å². The van der Waals surface area contributed by atoms with Gasteiger partial charge in [0.2, 0.25) is 0 Å². The largest absolute Gasteiger partial charge is 0.297 e. The Balaban J connectivity index is 2.47. The van der Waals surface area contributed by atoms with E-state index in [4.69, 9.17) is 11.6 Å². The summed E-state index contributed by atoms with van der Waals surface area (Å²) in [6, 6.07) is 17.8. The van der Waals surface area contributed by atoms with Crippen LogP contribution in [0.1, 0.15) is 22.6 Å². The van der Waals surface area contributed by atoms with E-state index in [-0.39, 0.29) is 17.6 Å². The molecule has 2 heteroatoms. The van der Waals surface area contributed by atoms with Crippen LogP contribution in [0.2, 0.25) is 0 Å². The topological polar surface area (TPSA) is 17.1 Å². The van der Waals surface area contributed by atoms with Crippen molar-refractivity contribution < 1.29 is 4.79 Å². The van der Waals surface area contributed by atoms with E-state index >= 15 is 0 Å². The van der Waals surface area contributed by atoms with Crippen LogP contribution in [-0.4, -0.2) is 11.7 Å². The molecule has 0 heterocycles. The molecule has 0 aromatic heterocycles. The van der Waals surface area contributed by atoms with E-state index in [1.54, 1.807) is 0 Å². The van der Waals surface area contributed by atoms with Crippen molar-refractivity contribution in [3.63, 3.8) is 0 Å². The fraction of sp³-hybridized carbons (Fsp3) is 0.188. The van der Waals surface area contributed by atoms with Gasteiger partial charge in [-0.3, -0.25) is 4.79 Å². The first-order valence-electron chi connectivity index (χ1n) is 5.92. The summed E-state index contributed by atoms with van der Waals surface area (Å²) in [5.41, 5.74) is 3.15. The molecule has 0 saturated heterocycles. The standard InChI is InChI=1S/C16H15ClO/c1-12-6-5-9-14(10-12)16(15(18)11-17)13-7-3-2-4-8-13/h2-10,16H,11H2,1H3. The molecule has 0 bridgehead atoms. The quantitative estimate of drug-likeness (QED) is 0.760. The van der Waals surface area contributed by atoms with Crippen molar-refractivity contribution >= 4 is 17.4 Å². The molecule has 0 N–H and O–H groups in total. The number of carbonyl (C=O) groups is 1. The van der Waals surface area contributed by atoms with Crippen LogP contribution in [0.15, 0.2) is 54.6 Å². The summed E-state index contributed by atoms with van der Waals surface area (Å²) >= 11 is 5.74. The molecule has 1 atom stereocenters. The molecule has 1 unspecified atom stereocenters. The predicted octanol–water partition coefficient (Wildman–Crippen LogP) is 3.93. The maximum atomic E-state index is 12.1. The smallest absolute Gasteiger partial charge is 0.159 e. The van der Waals surface area contributed by atoms with Gasteiger partial charge in [-0.15, -0.1) is 11.6 Å². The van der Waals surface area contributed by atoms with Gasteiger partial charge >= 0.3 is 0 Å². The molecule has 0 aliphatic heterocycles. The molecule has 0 radical (unpaired) electrons. The SMILES string of the molecule is Cc1cccc(C(C(=O)CCl)c2ccccc2)c1. The first-order valence-corrected chi connectivity index (χ1v) is 6.46. The third kappa shape index (κ3) is 2.80. The highest BCUT2D eigenvalue weighted by atomic mass is 35.5. The fourth-order valence-corrected chi connectivity index (χ4v) is 2.29. The monoisotopic (exact) mass is 258 g/mol. The Bertz CT molecular complexity index is 534. The Morgan fingerprint density at radius 1 is 1.06 bits per heavy atom. The Kier molecular flexibility index (Phi) is 4.16. The minimum atomic E-state index is -0.261. The number of halogens is 1. The van der Waals surface area contributed by atoms with E-state index in [2.05, 4.69) is 0 Å². The first kappa shape index (κ1) is 12.8. The second-order valence-corrected chi connectivity index (χ2v) is 4.63. The summed E-state index contributed by atoms with van der Waals surface area (Å²) < 4.78 is 0. The lowest BCUT2D eigenvalue weighted by molar-refractivity contribution is -0.117. The molecule has 2 aromatic carbocycles. The molecule has 0 spiro atoms. The van der Waals surface area contributed by atoms with Crippen LogP contribution in [0.4, 0.5) is 0 Å². The maximum Gasteiger partial charge on any atom is 0.159 e. The van der Waals surface area contributed by atoms with Crippen molar-refractivity contribution in [2.24, 2.45) is 0 Å². The summed E-state index contributed by atoms with van der Waals surface area (Å²) in [7, 11) is 0. The average molecular weight is 259 g/mol. The Morgan fingerprint density at radius 3 is 2.33 bits per heavy atom. The molecule has 92 valence electrons. The van der Waals surface area contributed by atoms with Crippen molar-refractivity contribution in [2.45, 2.75) is 12.8 Å². The third-order valence-corrected chi connectivity index (χ3v) is 3.23. The van der Waals surface area contributed by atoms with Gasteiger partial charge in [0.05, 0.1) is 11.8 Å². The summed E-state index contributed by atoms with van der Waals surface area (Å²) in [4.78, 5) is 12.1. The van der Waals surface area contributed by atoms with Crippen molar-refractivity contribution in [1.82, 2.24) is 0 Å². The lowest BCUT2D eigenvalue weighted by atomic mass is 9.87. The van der Waals surface area contributed by atoms with Crippen LogP contribution in [-0.2, 0) is 4.79 Å². The van der Waals surface area contributed by atoms with E-state index in [9.17, 15) is 4.79 Å². The highest BCUT2D eigenvalue weighted by Crippen LogP contribution is 2.26. The zero-order chi connectivity index (χ0) is 13.0. The van der Waals surface area contributed by atoms with Gasteiger partial charge in [-0.2, -0.15) is 0 Å². The van der Waals surface area contributed by atoms with E-state index < -0.39 is 0 Å². The zero-order valence-corrected chi connectivity index (χ0v) is 11.0. The van der Waals surface area contributed by atoms with Crippen molar-refractivity contribution in [3.8, 4) is 0 Å².